The molecule has 0 saturated carbocycles. The molecule has 0 spiro atoms. The predicted molar refractivity (Wildman–Crippen MR) is 80.5 cm³/mol. The number of para-hydroxylation sites is 1. The van der Waals surface area contributed by atoms with E-state index in [-0.39, 0.29) is 6.04 Å². The molecule has 2 heterocycles. The number of hydrogen-bond donors (Lipinski definition) is 2. The zero-order valence-electron chi connectivity index (χ0n) is 11.8. The van der Waals surface area contributed by atoms with Gasteiger partial charge in [0.1, 0.15) is 5.82 Å². The second-order valence-electron chi connectivity index (χ2n) is 4.93. The Bertz CT molecular complexity index is 700. The summed E-state index contributed by atoms with van der Waals surface area (Å²) in [6, 6.07) is 9.97. The molecule has 1 unspecified atom stereocenters. The lowest BCUT2D eigenvalue weighted by Gasteiger charge is -2.13. The van der Waals surface area contributed by atoms with Gasteiger partial charge in [-0.2, -0.15) is 5.10 Å². The molecule has 0 radical (unpaired) electrons. The Kier molecular flexibility index (Phi) is 3.81. The van der Waals surface area contributed by atoms with Gasteiger partial charge >= 0.3 is 0 Å². The van der Waals surface area contributed by atoms with Crippen molar-refractivity contribution in [2.45, 2.75) is 12.5 Å². The highest BCUT2D eigenvalue weighted by Gasteiger charge is 2.15. The highest BCUT2D eigenvalue weighted by atomic mass is 15.3. The molecule has 0 bridgehead atoms. The summed E-state index contributed by atoms with van der Waals surface area (Å²) >= 11 is 0. The molecular formula is C15H18N6. The Morgan fingerprint density at radius 3 is 2.76 bits per heavy atom. The fourth-order valence-electron chi connectivity index (χ4n) is 2.29. The van der Waals surface area contributed by atoms with Crippen LogP contribution in [0.1, 0.15) is 17.4 Å². The Morgan fingerprint density at radius 2 is 2.10 bits per heavy atom. The number of rotatable bonds is 5. The number of nitrogens with zero attached hydrogens (tertiary/aromatic N) is 4. The molecule has 2 aromatic heterocycles. The van der Waals surface area contributed by atoms with E-state index in [1.165, 1.54) is 0 Å². The maximum Gasteiger partial charge on any atom is 0.110 e. The van der Waals surface area contributed by atoms with E-state index in [0.717, 1.165) is 17.1 Å². The molecule has 6 heteroatoms. The Labute approximate surface area is 123 Å². The highest BCUT2D eigenvalue weighted by molar-refractivity contribution is 5.31. The van der Waals surface area contributed by atoms with E-state index in [1.807, 2.05) is 65.2 Å². The van der Waals surface area contributed by atoms with Crippen LogP contribution in [0.2, 0.25) is 0 Å². The molecule has 3 rings (SSSR count). The second-order valence-corrected chi connectivity index (χ2v) is 4.93. The van der Waals surface area contributed by atoms with Crippen LogP contribution < -0.4 is 11.3 Å². The highest BCUT2D eigenvalue weighted by Crippen LogP contribution is 2.17. The number of hydrogen-bond acceptors (Lipinski definition) is 4. The number of aromatic nitrogens is 4. The van der Waals surface area contributed by atoms with Crippen LogP contribution in [0.25, 0.3) is 5.69 Å². The molecule has 0 aliphatic rings. The van der Waals surface area contributed by atoms with Crippen molar-refractivity contribution in [3.8, 4) is 5.69 Å². The number of benzene rings is 1. The molecule has 6 nitrogen and oxygen atoms in total. The molecule has 0 aliphatic heterocycles. The fourth-order valence-corrected chi connectivity index (χ4v) is 2.29. The zero-order chi connectivity index (χ0) is 14.7. The maximum atomic E-state index is 5.70. The predicted octanol–water partition coefficient (Wildman–Crippen LogP) is 1.35. The molecule has 0 aliphatic carbocycles. The third kappa shape index (κ3) is 2.86. The number of nitrogens with one attached hydrogen (secondary N) is 1. The molecule has 108 valence electrons. The van der Waals surface area contributed by atoms with Crippen molar-refractivity contribution in [1.82, 2.24) is 24.8 Å². The van der Waals surface area contributed by atoms with Crippen LogP contribution in [-0.2, 0) is 13.5 Å². The van der Waals surface area contributed by atoms with E-state index in [0.29, 0.717) is 6.42 Å². The first-order valence-electron chi connectivity index (χ1n) is 6.80. The Hall–Kier alpha value is -2.44. The minimum atomic E-state index is -0.0245. The lowest BCUT2D eigenvalue weighted by Crippen LogP contribution is -2.30. The summed E-state index contributed by atoms with van der Waals surface area (Å²) in [6.07, 6.45) is 8.25. The van der Waals surface area contributed by atoms with Gasteiger partial charge in [0.25, 0.3) is 0 Å². The quantitative estimate of drug-likeness (QED) is 0.547. The van der Waals surface area contributed by atoms with Crippen LogP contribution in [0, 0.1) is 0 Å². The fraction of sp³-hybridized carbons (Fsp3) is 0.200. The zero-order valence-corrected chi connectivity index (χ0v) is 11.8. The van der Waals surface area contributed by atoms with Crippen LogP contribution in [-0.4, -0.2) is 19.3 Å². The molecule has 21 heavy (non-hydrogen) atoms. The first-order valence-corrected chi connectivity index (χ1v) is 6.80. The summed E-state index contributed by atoms with van der Waals surface area (Å²) in [5.41, 5.74) is 4.90. The Morgan fingerprint density at radius 1 is 1.29 bits per heavy atom. The van der Waals surface area contributed by atoms with Gasteiger partial charge in [-0.15, -0.1) is 0 Å². The third-order valence-electron chi connectivity index (χ3n) is 3.53. The van der Waals surface area contributed by atoms with Crippen molar-refractivity contribution in [3.63, 3.8) is 0 Å². The summed E-state index contributed by atoms with van der Waals surface area (Å²) in [5.74, 6) is 6.67. The van der Waals surface area contributed by atoms with E-state index in [9.17, 15) is 0 Å². The van der Waals surface area contributed by atoms with E-state index < -0.39 is 0 Å². The standard InChI is InChI=1S/C15H18N6/c1-20-8-7-17-15(20)9-14(19-16)12-10-18-21(11-12)13-5-3-2-4-6-13/h2-8,10-11,14,19H,9,16H2,1H3. The van der Waals surface area contributed by atoms with Gasteiger partial charge in [-0.3, -0.25) is 11.3 Å². The lowest BCUT2D eigenvalue weighted by atomic mass is 10.1. The average Bonchev–Trinajstić information content (AvgIpc) is 3.15. The van der Waals surface area contributed by atoms with Crippen molar-refractivity contribution in [1.29, 1.82) is 0 Å². The summed E-state index contributed by atoms with van der Waals surface area (Å²) in [6.45, 7) is 0. The summed E-state index contributed by atoms with van der Waals surface area (Å²) in [7, 11) is 1.98. The molecule has 1 aromatic carbocycles. The molecular weight excluding hydrogens is 264 g/mol. The van der Waals surface area contributed by atoms with Crippen LogP contribution in [0.3, 0.4) is 0 Å². The van der Waals surface area contributed by atoms with Gasteiger partial charge < -0.3 is 4.57 Å². The van der Waals surface area contributed by atoms with Gasteiger partial charge in [0, 0.05) is 37.6 Å². The SMILES string of the molecule is Cn1ccnc1CC(NN)c1cnn(-c2ccccc2)c1. The first kappa shape index (κ1) is 13.5. The number of hydrazine groups is 1. The minimum Gasteiger partial charge on any atom is -0.338 e. The normalized spacial score (nSPS) is 12.5. The second kappa shape index (κ2) is 5.90. The van der Waals surface area contributed by atoms with Crippen molar-refractivity contribution in [2.24, 2.45) is 12.9 Å². The van der Waals surface area contributed by atoms with E-state index in [4.69, 9.17) is 5.84 Å². The maximum absolute atomic E-state index is 5.70. The molecule has 1 atom stereocenters. The molecule has 0 amide bonds. The van der Waals surface area contributed by atoms with E-state index >= 15 is 0 Å². The van der Waals surface area contributed by atoms with Crippen molar-refractivity contribution in [2.75, 3.05) is 0 Å². The van der Waals surface area contributed by atoms with Gasteiger partial charge in [0.2, 0.25) is 0 Å². The van der Waals surface area contributed by atoms with Gasteiger partial charge in [-0.25, -0.2) is 9.67 Å². The third-order valence-corrected chi connectivity index (χ3v) is 3.53. The molecule has 3 N–H and O–H groups in total. The summed E-state index contributed by atoms with van der Waals surface area (Å²) in [5, 5.41) is 4.40. The van der Waals surface area contributed by atoms with Crippen molar-refractivity contribution in [3.05, 3.63) is 66.5 Å². The van der Waals surface area contributed by atoms with Crippen molar-refractivity contribution < 1.29 is 0 Å². The van der Waals surface area contributed by atoms with Crippen LogP contribution in [0.4, 0.5) is 0 Å². The summed E-state index contributed by atoms with van der Waals surface area (Å²) < 4.78 is 3.84. The van der Waals surface area contributed by atoms with Gasteiger partial charge in [-0.1, -0.05) is 18.2 Å². The first-order chi connectivity index (χ1) is 10.3. The van der Waals surface area contributed by atoms with Gasteiger partial charge in [0.15, 0.2) is 0 Å². The van der Waals surface area contributed by atoms with Gasteiger partial charge in [-0.05, 0) is 12.1 Å². The Balaban J connectivity index is 1.82. The van der Waals surface area contributed by atoms with E-state index in [1.54, 1.807) is 6.20 Å². The number of imidazole rings is 1. The average molecular weight is 282 g/mol. The van der Waals surface area contributed by atoms with Crippen LogP contribution in [0.15, 0.2) is 55.1 Å². The monoisotopic (exact) mass is 282 g/mol. The molecule has 3 aromatic rings. The van der Waals surface area contributed by atoms with Crippen molar-refractivity contribution >= 4 is 0 Å². The minimum absolute atomic E-state index is 0.0245. The lowest BCUT2D eigenvalue weighted by molar-refractivity contribution is 0.530. The number of nitrogens with two attached hydrogens (primary N) is 1. The molecule has 0 saturated heterocycles. The van der Waals surface area contributed by atoms with Crippen LogP contribution >= 0.6 is 0 Å². The van der Waals surface area contributed by atoms with Gasteiger partial charge in [0.05, 0.1) is 17.9 Å². The smallest absolute Gasteiger partial charge is 0.110 e. The van der Waals surface area contributed by atoms with Crippen LogP contribution in [0.5, 0.6) is 0 Å². The molecule has 0 fully saturated rings. The van der Waals surface area contributed by atoms with E-state index in [2.05, 4.69) is 15.5 Å². The number of aryl methyl sites for hydroxylation is 1. The largest absolute Gasteiger partial charge is 0.338 e. The summed E-state index contributed by atoms with van der Waals surface area (Å²) in [4.78, 5) is 4.33. The topological polar surface area (TPSA) is 73.7 Å².